The molecule has 0 spiro atoms. The fourth-order valence-corrected chi connectivity index (χ4v) is 2.72. The molecule has 0 aromatic heterocycles. The standard InChI is InChI=1S/C17H16FN3O3/c18-13-5-8-15(16(10-13)21(23)24)19-11-12-3-6-14(7-4-12)20-9-1-2-17(20)22/h3-8,10,19H,1-2,9,11H2. The summed E-state index contributed by atoms with van der Waals surface area (Å²) >= 11 is 0. The molecule has 1 N–H and O–H groups in total. The molecule has 0 unspecified atom stereocenters. The molecule has 2 aromatic carbocycles. The number of benzene rings is 2. The van der Waals surface area contributed by atoms with E-state index in [4.69, 9.17) is 0 Å². The monoisotopic (exact) mass is 329 g/mol. The summed E-state index contributed by atoms with van der Waals surface area (Å²) in [5.41, 5.74) is 1.73. The highest BCUT2D eigenvalue weighted by atomic mass is 19.1. The van der Waals surface area contributed by atoms with E-state index >= 15 is 0 Å². The second-order valence-electron chi connectivity index (χ2n) is 5.59. The molecule has 1 fully saturated rings. The topological polar surface area (TPSA) is 75.5 Å². The van der Waals surface area contributed by atoms with Crippen molar-refractivity contribution in [3.05, 3.63) is 64.0 Å². The molecule has 2 aromatic rings. The van der Waals surface area contributed by atoms with Crippen molar-refractivity contribution >= 4 is 23.0 Å². The molecule has 3 rings (SSSR count). The summed E-state index contributed by atoms with van der Waals surface area (Å²) in [7, 11) is 0. The van der Waals surface area contributed by atoms with E-state index in [1.165, 1.54) is 12.1 Å². The lowest BCUT2D eigenvalue weighted by Crippen LogP contribution is -2.23. The molecule has 0 bridgehead atoms. The van der Waals surface area contributed by atoms with Crippen molar-refractivity contribution in [1.29, 1.82) is 0 Å². The van der Waals surface area contributed by atoms with Crippen LogP contribution in [-0.4, -0.2) is 17.4 Å². The third kappa shape index (κ3) is 3.34. The van der Waals surface area contributed by atoms with E-state index in [2.05, 4.69) is 5.32 Å². The molecule has 1 heterocycles. The number of nitro benzene ring substituents is 1. The summed E-state index contributed by atoms with van der Waals surface area (Å²) in [5, 5.41) is 13.9. The molecule has 0 aliphatic carbocycles. The van der Waals surface area contributed by atoms with Crippen molar-refractivity contribution in [1.82, 2.24) is 0 Å². The van der Waals surface area contributed by atoms with Gasteiger partial charge in [-0.1, -0.05) is 12.1 Å². The molecular weight excluding hydrogens is 313 g/mol. The van der Waals surface area contributed by atoms with Gasteiger partial charge < -0.3 is 10.2 Å². The van der Waals surface area contributed by atoms with Gasteiger partial charge in [-0.2, -0.15) is 0 Å². The first-order valence-electron chi connectivity index (χ1n) is 7.62. The maximum atomic E-state index is 13.1. The quantitative estimate of drug-likeness (QED) is 0.673. The number of hydrogen-bond donors (Lipinski definition) is 1. The predicted octanol–water partition coefficient (Wildman–Crippen LogP) is 3.47. The number of anilines is 2. The Morgan fingerprint density at radius 2 is 1.96 bits per heavy atom. The van der Waals surface area contributed by atoms with E-state index in [0.29, 0.717) is 13.0 Å². The van der Waals surface area contributed by atoms with E-state index < -0.39 is 10.7 Å². The summed E-state index contributed by atoms with van der Waals surface area (Å²) in [6, 6.07) is 10.9. The molecule has 1 aliphatic rings. The molecule has 0 saturated carbocycles. The Bertz CT molecular complexity index is 777. The van der Waals surface area contributed by atoms with Crippen LogP contribution >= 0.6 is 0 Å². The van der Waals surface area contributed by atoms with Crippen molar-refractivity contribution < 1.29 is 14.1 Å². The average Bonchev–Trinajstić information content (AvgIpc) is 3.00. The van der Waals surface area contributed by atoms with Crippen LogP contribution in [0, 0.1) is 15.9 Å². The Morgan fingerprint density at radius 1 is 1.21 bits per heavy atom. The molecule has 1 aliphatic heterocycles. The summed E-state index contributed by atoms with van der Waals surface area (Å²) in [5.74, 6) is -0.519. The maximum absolute atomic E-state index is 13.1. The maximum Gasteiger partial charge on any atom is 0.295 e. The largest absolute Gasteiger partial charge is 0.375 e. The van der Waals surface area contributed by atoms with Gasteiger partial charge in [0, 0.05) is 25.2 Å². The average molecular weight is 329 g/mol. The molecule has 1 saturated heterocycles. The Morgan fingerprint density at radius 3 is 2.58 bits per heavy atom. The Balaban J connectivity index is 1.69. The molecule has 7 heteroatoms. The highest BCUT2D eigenvalue weighted by Gasteiger charge is 2.21. The van der Waals surface area contributed by atoms with Crippen molar-refractivity contribution in [2.75, 3.05) is 16.8 Å². The highest BCUT2D eigenvalue weighted by Crippen LogP contribution is 2.26. The van der Waals surface area contributed by atoms with Gasteiger partial charge in [-0.3, -0.25) is 14.9 Å². The Kier molecular flexibility index (Phi) is 4.41. The zero-order valence-corrected chi connectivity index (χ0v) is 12.9. The van der Waals surface area contributed by atoms with Crippen LogP contribution in [-0.2, 0) is 11.3 Å². The number of nitrogens with one attached hydrogen (secondary N) is 1. The minimum atomic E-state index is -0.646. The van der Waals surface area contributed by atoms with Gasteiger partial charge in [-0.25, -0.2) is 4.39 Å². The van der Waals surface area contributed by atoms with Crippen LogP contribution in [0.3, 0.4) is 0 Å². The van der Waals surface area contributed by atoms with Crippen molar-refractivity contribution in [2.24, 2.45) is 0 Å². The van der Waals surface area contributed by atoms with E-state index in [1.54, 1.807) is 4.90 Å². The molecule has 0 atom stereocenters. The summed E-state index contributed by atoms with van der Waals surface area (Å²) < 4.78 is 13.1. The van der Waals surface area contributed by atoms with E-state index in [1.807, 2.05) is 24.3 Å². The van der Waals surface area contributed by atoms with Gasteiger partial charge in [0.05, 0.1) is 11.0 Å². The summed E-state index contributed by atoms with van der Waals surface area (Å²) in [6.07, 6.45) is 1.45. The smallest absolute Gasteiger partial charge is 0.295 e. The van der Waals surface area contributed by atoms with Crippen LogP contribution in [0.1, 0.15) is 18.4 Å². The fraction of sp³-hybridized carbons (Fsp3) is 0.235. The van der Waals surface area contributed by atoms with Gasteiger partial charge in [0.1, 0.15) is 11.5 Å². The molecule has 24 heavy (non-hydrogen) atoms. The number of hydrogen-bond acceptors (Lipinski definition) is 4. The third-order valence-electron chi connectivity index (χ3n) is 3.96. The van der Waals surface area contributed by atoms with Gasteiger partial charge in [0.2, 0.25) is 5.91 Å². The van der Waals surface area contributed by atoms with Gasteiger partial charge in [-0.05, 0) is 36.2 Å². The van der Waals surface area contributed by atoms with Crippen LogP contribution in [0.25, 0.3) is 0 Å². The molecule has 0 radical (unpaired) electrons. The molecule has 6 nitrogen and oxygen atoms in total. The van der Waals surface area contributed by atoms with Crippen LogP contribution < -0.4 is 10.2 Å². The van der Waals surface area contributed by atoms with E-state index in [9.17, 15) is 19.3 Å². The first-order valence-corrected chi connectivity index (χ1v) is 7.62. The Hall–Kier alpha value is -2.96. The van der Waals surface area contributed by atoms with Crippen LogP contribution in [0.5, 0.6) is 0 Å². The van der Waals surface area contributed by atoms with Crippen LogP contribution in [0.4, 0.5) is 21.5 Å². The lowest BCUT2D eigenvalue weighted by molar-refractivity contribution is -0.384. The van der Waals surface area contributed by atoms with Crippen LogP contribution in [0.15, 0.2) is 42.5 Å². The number of halogens is 1. The van der Waals surface area contributed by atoms with E-state index in [-0.39, 0.29) is 17.3 Å². The van der Waals surface area contributed by atoms with Gasteiger partial charge >= 0.3 is 0 Å². The molecular formula is C17H16FN3O3. The predicted molar refractivity (Wildman–Crippen MR) is 88.4 cm³/mol. The molecule has 1 amide bonds. The number of rotatable bonds is 5. The second-order valence-corrected chi connectivity index (χ2v) is 5.59. The van der Waals surface area contributed by atoms with E-state index in [0.717, 1.165) is 30.3 Å². The van der Waals surface area contributed by atoms with Crippen molar-refractivity contribution in [3.8, 4) is 0 Å². The number of nitro groups is 1. The highest BCUT2D eigenvalue weighted by molar-refractivity contribution is 5.95. The Labute approximate surface area is 138 Å². The second kappa shape index (κ2) is 6.66. The summed E-state index contributed by atoms with van der Waals surface area (Å²) in [4.78, 5) is 23.8. The zero-order chi connectivity index (χ0) is 17.1. The zero-order valence-electron chi connectivity index (χ0n) is 12.9. The van der Waals surface area contributed by atoms with Crippen molar-refractivity contribution in [3.63, 3.8) is 0 Å². The molecule has 124 valence electrons. The minimum Gasteiger partial charge on any atom is -0.375 e. The lowest BCUT2D eigenvalue weighted by Gasteiger charge is -2.16. The van der Waals surface area contributed by atoms with Gasteiger partial charge in [0.15, 0.2) is 0 Å². The van der Waals surface area contributed by atoms with Crippen LogP contribution in [0.2, 0.25) is 0 Å². The summed E-state index contributed by atoms with van der Waals surface area (Å²) in [6.45, 7) is 1.10. The van der Waals surface area contributed by atoms with Gasteiger partial charge in [-0.15, -0.1) is 0 Å². The first kappa shape index (κ1) is 15.9. The lowest BCUT2D eigenvalue weighted by atomic mass is 10.2. The SMILES string of the molecule is O=C1CCCN1c1ccc(CNc2ccc(F)cc2[N+](=O)[O-])cc1. The van der Waals surface area contributed by atoms with Gasteiger partial charge in [0.25, 0.3) is 5.69 Å². The first-order chi connectivity index (χ1) is 11.5. The number of carbonyl (C=O) groups is 1. The van der Waals surface area contributed by atoms with Crippen molar-refractivity contribution in [2.45, 2.75) is 19.4 Å². The fourth-order valence-electron chi connectivity index (χ4n) is 2.72. The normalized spacial score (nSPS) is 14.0. The number of carbonyl (C=O) groups excluding carboxylic acids is 1. The number of amides is 1. The minimum absolute atomic E-state index is 0.128. The third-order valence-corrected chi connectivity index (χ3v) is 3.96. The number of nitrogens with zero attached hydrogens (tertiary/aromatic N) is 2.